The number of H-pyrrole nitrogens is 1. The molecule has 1 aliphatic rings. The Bertz CT molecular complexity index is 1230. The number of aliphatic hydroxyl groups excluding tert-OH is 1. The fourth-order valence-corrected chi connectivity index (χ4v) is 3.64. The van der Waals surface area contributed by atoms with Gasteiger partial charge in [-0.1, -0.05) is 0 Å². The van der Waals surface area contributed by atoms with E-state index in [0.29, 0.717) is 27.9 Å². The van der Waals surface area contributed by atoms with E-state index < -0.39 is 17.8 Å². The van der Waals surface area contributed by atoms with Crippen LogP contribution in [0.4, 0.5) is 13.2 Å². The van der Waals surface area contributed by atoms with Crippen LogP contribution in [0.3, 0.4) is 0 Å². The van der Waals surface area contributed by atoms with E-state index in [1.807, 2.05) is 0 Å². The van der Waals surface area contributed by atoms with Crippen molar-refractivity contribution in [3.63, 3.8) is 0 Å². The third-order valence-electron chi connectivity index (χ3n) is 5.66. The smallest absolute Gasteiger partial charge is 0.386 e. The number of aliphatic hydroxyl groups is 1. The molecule has 0 unspecified atom stereocenters. The molecule has 7 nitrogen and oxygen atoms in total. The van der Waals surface area contributed by atoms with Crippen molar-refractivity contribution in [2.45, 2.75) is 37.6 Å². The maximum Gasteiger partial charge on any atom is 0.416 e. The summed E-state index contributed by atoms with van der Waals surface area (Å²) < 4.78 is 47.6. The number of ether oxygens (including phenoxy) is 1. The van der Waals surface area contributed by atoms with E-state index >= 15 is 0 Å². The normalized spacial score (nSPS) is 15.8. The van der Waals surface area contributed by atoms with Crippen molar-refractivity contribution < 1.29 is 23.0 Å². The van der Waals surface area contributed by atoms with Crippen molar-refractivity contribution in [2.24, 2.45) is 0 Å². The lowest BCUT2D eigenvalue weighted by Gasteiger charge is -2.26. The Morgan fingerprint density at radius 1 is 1.19 bits per heavy atom. The van der Waals surface area contributed by atoms with Gasteiger partial charge in [-0.25, -0.2) is 9.67 Å². The molecule has 0 aliphatic heterocycles. The molecule has 1 saturated carbocycles. The van der Waals surface area contributed by atoms with Gasteiger partial charge >= 0.3 is 6.18 Å². The van der Waals surface area contributed by atoms with Crippen molar-refractivity contribution in [3.05, 3.63) is 60.0 Å². The lowest BCUT2D eigenvalue weighted by atomic mass is 9.96. The van der Waals surface area contributed by atoms with E-state index in [0.717, 1.165) is 31.4 Å². The molecule has 5 rings (SSSR count). The molecule has 166 valence electrons. The van der Waals surface area contributed by atoms with Crippen molar-refractivity contribution in [1.29, 1.82) is 0 Å². The number of hydrogen-bond acceptors (Lipinski definition) is 5. The molecule has 1 atom stereocenters. The van der Waals surface area contributed by atoms with Crippen LogP contribution in [0.25, 0.3) is 28.0 Å². The summed E-state index contributed by atoms with van der Waals surface area (Å²) in [6, 6.07) is 7.00. The van der Waals surface area contributed by atoms with E-state index in [1.165, 1.54) is 23.3 Å². The van der Waals surface area contributed by atoms with Crippen LogP contribution in [-0.4, -0.2) is 42.8 Å². The minimum atomic E-state index is -4.53. The fourth-order valence-electron chi connectivity index (χ4n) is 3.64. The fraction of sp³-hybridized carbons (Fsp3) is 0.318. The summed E-state index contributed by atoms with van der Waals surface area (Å²) in [7, 11) is 0. The molecular formula is C22H20F3N5O2. The average Bonchev–Trinajstić information content (AvgIpc) is 3.41. The number of pyridine rings is 1. The Hall–Kier alpha value is -3.24. The zero-order chi connectivity index (χ0) is 22.3. The Morgan fingerprint density at radius 2 is 2.03 bits per heavy atom. The molecule has 0 amide bonds. The van der Waals surface area contributed by atoms with Gasteiger partial charge in [-0.15, -0.1) is 0 Å². The minimum absolute atomic E-state index is 0.174. The molecule has 2 N–H and O–H groups in total. The second-order valence-corrected chi connectivity index (χ2v) is 7.88. The van der Waals surface area contributed by atoms with Crippen LogP contribution < -0.4 is 0 Å². The van der Waals surface area contributed by atoms with E-state index in [4.69, 9.17) is 4.74 Å². The standard InChI is InChI=1S/C22H20F3N5O2/c23-22(24,25)16-7-13(19-4-5-27-29-19)8-17(9-16)30-21-15(11-28-30)6-14(10-26-21)20(31)12-32-18-2-1-3-18/h4-11,18,20,31H,1-3,12H2,(H,27,29)/t20-/m1/s1. The van der Waals surface area contributed by atoms with Gasteiger partial charge in [0.15, 0.2) is 5.65 Å². The number of rotatable bonds is 6. The first kappa shape index (κ1) is 20.7. The van der Waals surface area contributed by atoms with Gasteiger partial charge in [-0.05, 0) is 49.6 Å². The van der Waals surface area contributed by atoms with Crippen molar-refractivity contribution in [3.8, 4) is 16.9 Å². The van der Waals surface area contributed by atoms with Crippen molar-refractivity contribution in [2.75, 3.05) is 6.61 Å². The lowest BCUT2D eigenvalue weighted by Crippen LogP contribution is -2.24. The van der Waals surface area contributed by atoms with Gasteiger partial charge in [0.2, 0.25) is 0 Å². The first-order valence-corrected chi connectivity index (χ1v) is 10.2. The van der Waals surface area contributed by atoms with E-state index in [2.05, 4.69) is 20.3 Å². The highest BCUT2D eigenvalue weighted by Gasteiger charge is 2.32. The molecular weight excluding hydrogens is 423 g/mol. The number of hydrogen-bond donors (Lipinski definition) is 2. The van der Waals surface area contributed by atoms with Gasteiger partial charge in [0.1, 0.15) is 6.10 Å². The number of alkyl halides is 3. The van der Waals surface area contributed by atoms with Crippen molar-refractivity contribution in [1.82, 2.24) is 25.0 Å². The molecule has 0 spiro atoms. The van der Waals surface area contributed by atoms with Crippen molar-refractivity contribution >= 4 is 11.0 Å². The Balaban J connectivity index is 1.49. The van der Waals surface area contributed by atoms with Crippen LogP contribution in [0.15, 0.2) is 48.9 Å². The molecule has 3 aromatic heterocycles. The molecule has 3 heterocycles. The molecule has 1 aromatic carbocycles. The second kappa shape index (κ2) is 8.03. The predicted octanol–water partition coefficient (Wildman–Crippen LogP) is 4.43. The van der Waals surface area contributed by atoms with Gasteiger partial charge in [-0.2, -0.15) is 23.4 Å². The molecule has 10 heteroatoms. The van der Waals surface area contributed by atoms with Gasteiger partial charge < -0.3 is 9.84 Å². The summed E-state index contributed by atoms with van der Waals surface area (Å²) >= 11 is 0. The van der Waals surface area contributed by atoms with Crippen LogP contribution in [0.2, 0.25) is 0 Å². The first-order valence-electron chi connectivity index (χ1n) is 10.2. The highest BCUT2D eigenvalue weighted by molar-refractivity contribution is 5.77. The largest absolute Gasteiger partial charge is 0.416 e. The lowest BCUT2D eigenvalue weighted by molar-refractivity contribution is -0.137. The summed E-state index contributed by atoms with van der Waals surface area (Å²) in [5.74, 6) is 0. The maximum absolute atomic E-state index is 13.5. The van der Waals surface area contributed by atoms with E-state index in [-0.39, 0.29) is 18.4 Å². The Kier molecular flexibility index (Phi) is 5.18. The van der Waals surface area contributed by atoms with Gasteiger partial charge in [-0.3, -0.25) is 5.10 Å². The molecule has 1 fully saturated rings. The van der Waals surface area contributed by atoms with Gasteiger partial charge in [0.05, 0.1) is 35.9 Å². The number of fused-ring (bicyclic) bond motifs is 1. The Labute approximate surface area is 180 Å². The third kappa shape index (κ3) is 3.98. The monoisotopic (exact) mass is 443 g/mol. The van der Waals surface area contributed by atoms with Crippen LogP contribution in [0.1, 0.15) is 36.5 Å². The number of halogens is 3. The number of benzene rings is 1. The van der Waals surface area contributed by atoms with Crippen LogP contribution >= 0.6 is 0 Å². The molecule has 1 aliphatic carbocycles. The molecule has 0 radical (unpaired) electrons. The summed E-state index contributed by atoms with van der Waals surface area (Å²) in [5.41, 5.74) is 1.15. The zero-order valence-electron chi connectivity index (χ0n) is 16.9. The molecule has 0 saturated heterocycles. The summed E-state index contributed by atoms with van der Waals surface area (Å²) in [5, 5.41) is 21.8. The maximum atomic E-state index is 13.5. The summed E-state index contributed by atoms with van der Waals surface area (Å²) in [6.07, 6.45) is 2.49. The van der Waals surface area contributed by atoms with Gasteiger partial charge in [0.25, 0.3) is 0 Å². The number of aromatic nitrogens is 5. The zero-order valence-corrected chi connectivity index (χ0v) is 16.9. The summed E-state index contributed by atoms with van der Waals surface area (Å²) in [6.45, 7) is 0.174. The minimum Gasteiger partial charge on any atom is -0.386 e. The van der Waals surface area contributed by atoms with Crippen LogP contribution in [-0.2, 0) is 10.9 Å². The van der Waals surface area contributed by atoms with Gasteiger partial charge in [0, 0.05) is 28.9 Å². The average molecular weight is 443 g/mol. The summed E-state index contributed by atoms with van der Waals surface area (Å²) in [4.78, 5) is 4.37. The quantitative estimate of drug-likeness (QED) is 0.460. The van der Waals surface area contributed by atoms with Crippen LogP contribution in [0, 0.1) is 0 Å². The topological polar surface area (TPSA) is 88.8 Å². The predicted molar refractivity (Wildman–Crippen MR) is 110 cm³/mol. The van der Waals surface area contributed by atoms with E-state index in [9.17, 15) is 18.3 Å². The first-order chi connectivity index (χ1) is 15.4. The molecule has 0 bridgehead atoms. The number of nitrogens with one attached hydrogen (secondary N) is 1. The second-order valence-electron chi connectivity index (χ2n) is 7.88. The highest BCUT2D eigenvalue weighted by Crippen LogP contribution is 2.34. The highest BCUT2D eigenvalue weighted by atomic mass is 19.4. The molecule has 4 aromatic rings. The number of aromatic amines is 1. The molecule has 32 heavy (non-hydrogen) atoms. The van der Waals surface area contributed by atoms with E-state index in [1.54, 1.807) is 18.2 Å². The Morgan fingerprint density at radius 3 is 2.72 bits per heavy atom. The third-order valence-corrected chi connectivity index (χ3v) is 5.66. The van der Waals surface area contributed by atoms with Crippen LogP contribution in [0.5, 0.6) is 0 Å². The number of nitrogens with zero attached hydrogens (tertiary/aromatic N) is 4. The SMILES string of the molecule is O[C@H](COC1CCC1)c1cnc2c(cnn2-c2cc(-c3ccn[nH]3)cc(C(F)(F)F)c2)c1.